The smallest absolute Gasteiger partial charge is 0.341 e. The Balaban J connectivity index is 2.45. The second-order valence-corrected chi connectivity index (χ2v) is 3.85. The third-order valence-corrected chi connectivity index (χ3v) is 3.03. The zero-order chi connectivity index (χ0) is 11.1. The number of nitrogens with zero attached hydrogens (tertiary/aromatic N) is 2. The predicted octanol–water partition coefficient (Wildman–Crippen LogP) is 0.415. The number of rotatable bonds is 3. The fourth-order valence-corrected chi connectivity index (χ4v) is 1.99. The Labute approximate surface area is 88.4 Å². The Morgan fingerprint density at radius 2 is 2.33 bits per heavy atom. The summed E-state index contributed by atoms with van der Waals surface area (Å²) in [6.07, 6.45) is 3.64. The second-order valence-electron chi connectivity index (χ2n) is 3.85. The van der Waals surface area contributed by atoms with E-state index in [0.717, 1.165) is 18.5 Å². The first-order valence-electron chi connectivity index (χ1n) is 4.94. The molecule has 1 saturated carbocycles. The van der Waals surface area contributed by atoms with Crippen LogP contribution in [0.15, 0.2) is 6.20 Å². The van der Waals surface area contributed by atoms with Crippen molar-refractivity contribution in [3.8, 4) is 0 Å². The third-order valence-electron chi connectivity index (χ3n) is 3.03. The monoisotopic (exact) mass is 209 g/mol. The van der Waals surface area contributed by atoms with Gasteiger partial charge < -0.3 is 10.1 Å². The van der Waals surface area contributed by atoms with E-state index in [1.54, 1.807) is 10.9 Å². The van der Waals surface area contributed by atoms with Crippen molar-refractivity contribution in [1.82, 2.24) is 15.1 Å². The summed E-state index contributed by atoms with van der Waals surface area (Å²) >= 11 is 0. The Morgan fingerprint density at radius 1 is 1.67 bits per heavy atom. The lowest BCUT2D eigenvalue weighted by atomic mass is 10.1. The zero-order valence-electron chi connectivity index (χ0n) is 9.20. The lowest BCUT2D eigenvalue weighted by molar-refractivity contribution is 0.0598. The van der Waals surface area contributed by atoms with E-state index in [-0.39, 0.29) is 11.5 Å². The molecule has 1 N–H and O–H groups in total. The number of ether oxygens (including phenoxy) is 1. The molecule has 0 aliphatic heterocycles. The molecule has 1 aromatic rings. The van der Waals surface area contributed by atoms with E-state index in [1.807, 2.05) is 14.1 Å². The molecule has 5 heteroatoms. The second kappa shape index (κ2) is 3.34. The van der Waals surface area contributed by atoms with Gasteiger partial charge in [0.15, 0.2) is 0 Å². The van der Waals surface area contributed by atoms with Gasteiger partial charge in [0.25, 0.3) is 0 Å². The van der Waals surface area contributed by atoms with E-state index in [2.05, 4.69) is 10.4 Å². The van der Waals surface area contributed by atoms with Gasteiger partial charge in [-0.3, -0.25) is 4.68 Å². The predicted molar refractivity (Wildman–Crippen MR) is 54.5 cm³/mol. The van der Waals surface area contributed by atoms with Crippen molar-refractivity contribution in [2.45, 2.75) is 18.4 Å². The third kappa shape index (κ3) is 1.43. The normalized spacial score (nSPS) is 17.5. The zero-order valence-corrected chi connectivity index (χ0v) is 9.20. The van der Waals surface area contributed by atoms with Gasteiger partial charge >= 0.3 is 5.97 Å². The van der Waals surface area contributed by atoms with Gasteiger partial charge in [0.2, 0.25) is 0 Å². The molecule has 0 atom stereocenters. The highest BCUT2D eigenvalue weighted by molar-refractivity contribution is 5.90. The average Bonchev–Trinajstić information content (AvgIpc) is 2.95. The summed E-state index contributed by atoms with van der Waals surface area (Å²) in [5, 5.41) is 7.36. The molecule has 1 heterocycles. The average molecular weight is 209 g/mol. The highest BCUT2D eigenvalue weighted by Gasteiger charge is 2.47. The van der Waals surface area contributed by atoms with Gasteiger partial charge in [0, 0.05) is 7.05 Å². The number of carbonyl (C=O) groups is 1. The van der Waals surface area contributed by atoms with Crippen LogP contribution in [0.1, 0.15) is 28.9 Å². The summed E-state index contributed by atoms with van der Waals surface area (Å²) in [5.74, 6) is -0.320. The first kappa shape index (κ1) is 10.2. The molecule has 0 unspecified atom stereocenters. The number of nitrogens with one attached hydrogen (secondary N) is 1. The molecule has 0 saturated heterocycles. The van der Waals surface area contributed by atoms with E-state index in [1.165, 1.54) is 7.11 Å². The molecule has 82 valence electrons. The summed E-state index contributed by atoms with van der Waals surface area (Å²) in [6.45, 7) is 0. The van der Waals surface area contributed by atoms with Crippen LogP contribution in [-0.2, 0) is 17.3 Å². The van der Waals surface area contributed by atoms with Crippen molar-refractivity contribution in [3.63, 3.8) is 0 Å². The minimum atomic E-state index is -0.320. The molecule has 0 radical (unpaired) electrons. The van der Waals surface area contributed by atoms with Crippen LogP contribution in [-0.4, -0.2) is 29.9 Å². The summed E-state index contributed by atoms with van der Waals surface area (Å²) in [7, 11) is 5.14. The van der Waals surface area contributed by atoms with E-state index < -0.39 is 0 Å². The number of esters is 1. The van der Waals surface area contributed by atoms with Crippen LogP contribution in [0.25, 0.3) is 0 Å². The first-order chi connectivity index (χ1) is 7.14. The molecular formula is C10H15N3O2. The topological polar surface area (TPSA) is 56.1 Å². The van der Waals surface area contributed by atoms with E-state index in [4.69, 9.17) is 4.74 Å². The van der Waals surface area contributed by atoms with Crippen LogP contribution in [0.3, 0.4) is 0 Å². The quantitative estimate of drug-likeness (QED) is 0.733. The van der Waals surface area contributed by atoms with Crippen LogP contribution in [0.5, 0.6) is 0 Å². The van der Waals surface area contributed by atoms with Crippen molar-refractivity contribution in [1.29, 1.82) is 0 Å². The van der Waals surface area contributed by atoms with Crippen molar-refractivity contribution in [3.05, 3.63) is 17.5 Å². The minimum Gasteiger partial charge on any atom is -0.465 e. The molecular weight excluding hydrogens is 194 g/mol. The van der Waals surface area contributed by atoms with Gasteiger partial charge in [-0.15, -0.1) is 0 Å². The van der Waals surface area contributed by atoms with Crippen LogP contribution >= 0.6 is 0 Å². The number of carbonyl (C=O) groups excluding carboxylic acids is 1. The van der Waals surface area contributed by atoms with Crippen molar-refractivity contribution in [2.75, 3.05) is 14.2 Å². The number of hydrogen-bond acceptors (Lipinski definition) is 4. The highest BCUT2D eigenvalue weighted by atomic mass is 16.5. The minimum absolute atomic E-state index is 0.0746. The maximum atomic E-state index is 11.5. The van der Waals surface area contributed by atoms with Gasteiger partial charge in [-0.05, 0) is 19.9 Å². The van der Waals surface area contributed by atoms with Gasteiger partial charge in [-0.1, -0.05) is 0 Å². The molecule has 15 heavy (non-hydrogen) atoms. The standard InChI is InChI=1S/C10H15N3O2/c1-11-10(4-5-10)8-7(9(14)15-3)6-12-13(8)2/h6,11H,4-5H2,1-3H3. The largest absolute Gasteiger partial charge is 0.465 e. The maximum Gasteiger partial charge on any atom is 0.341 e. The first-order valence-corrected chi connectivity index (χ1v) is 4.94. The molecule has 1 aromatic heterocycles. The molecule has 5 nitrogen and oxygen atoms in total. The molecule has 0 bridgehead atoms. The Morgan fingerprint density at radius 3 is 2.80 bits per heavy atom. The number of aryl methyl sites for hydroxylation is 1. The SMILES string of the molecule is CNC1(c2c(C(=O)OC)cnn2C)CC1. The molecule has 0 aromatic carbocycles. The van der Waals surface area contributed by atoms with Crippen molar-refractivity contribution in [2.24, 2.45) is 7.05 Å². The summed E-state index contributed by atoms with van der Waals surface area (Å²) in [6, 6.07) is 0. The fourth-order valence-electron chi connectivity index (χ4n) is 1.99. The number of methoxy groups -OCH3 is 1. The molecule has 0 amide bonds. The highest BCUT2D eigenvalue weighted by Crippen LogP contribution is 2.46. The Kier molecular flexibility index (Phi) is 2.26. The molecule has 1 fully saturated rings. The van der Waals surface area contributed by atoms with E-state index >= 15 is 0 Å². The summed E-state index contributed by atoms with van der Waals surface area (Å²) in [5.41, 5.74) is 1.41. The lowest BCUT2D eigenvalue weighted by Gasteiger charge is -2.16. The maximum absolute atomic E-state index is 11.5. The van der Waals surface area contributed by atoms with Crippen LogP contribution in [0, 0.1) is 0 Å². The molecule has 1 aliphatic carbocycles. The fraction of sp³-hybridized carbons (Fsp3) is 0.600. The molecule has 1 aliphatic rings. The van der Waals surface area contributed by atoms with Gasteiger partial charge in [-0.25, -0.2) is 4.79 Å². The van der Waals surface area contributed by atoms with Crippen molar-refractivity contribution < 1.29 is 9.53 Å². The molecule has 2 rings (SSSR count). The van der Waals surface area contributed by atoms with E-state index in [9.17, 15) is 4.79 Å². The van der Waals surface area contributed by atoms with E-state index in [0.29, 0.717) is 5.56 Å². The summed E-state index contributed by atoms with van der Waals surface area (Å²) in [4.78, 5) is 11.5. The number of aromatic nitrogens is 2. The van der Waals surface area contributed by atoms with Crippen LogP contribution in [0.4, 0.5) is 0 Å². The Bertz CT molecular complexity index is 393. The molecule has 0 spiro atoms. The van der Waals surface area contributed by atoms with Crippen molar-refractivity contribution >= 4 is 5.97 Å². The van der Waals surface area contributed by atoms with Gasteiger partial charge in [0.05, 0.1) is 24.5 Å². The van der Waals surface area contributed by atoms with Crippen LogP contribution in [0.2, 0.25) is 0 Å². The Hall–Kier alpha value is -1.36. The van der Waals surface area contributed by atoms with Gasteiger partial charge in [-0.2, -0.15) is 5.10 Å². The van der Waals surface area contributed by atoms with Gasteiger partial charge in [0.1, 0.15) is 5.56 Å². The lowest BCUT2D eigenvalue weighted by Crippen LogP contribution is -2.29. The number of hydrogen-bond donors (Lipinski definition) is 1. The summed E-state index contributed by atoms with van der Waals surface area (Å²) < 4.78 is 6.48. The van der Waals surface area contributed by atoms with Crippen LogP contribution < -0.4 is 5.32 Å².